The first kappa shape index (κ1) is 15.4. The van der Waals surface area contributed by atoms with E-state index in [-0.39, 0.29) is 12.0 Å². The van der Waals surface area contributed by atoms with E-state index >= 15 is 0 Å². The Bertz CT molecular complexity index is 371. The molecule has 0 atom stereocenters. The van der Waals surface area contributed by atoms with Gasteiger partial charge in [-0.3, -0.25) is 0 Å². The summed E-state index contributed by atoms with van der Waals surface area (Å²) in [6, 6.07) is 0.245. The number of ether oxygens (including phenoxy) is 2. The van der Waals surface area contributed by atoms with Crippen molar-refractivity contribution in [3.8, 4) is 6.01 Å². The van der Waals surface area contributed by atoms with E-state index in [4.69, 9.17) is 15.2 Å². The van der Waals surface area contributed by atoms with Gasteiger partial charge in [-0.05, 0) is 20.3 Å². The zero-order valence-corrected chi connectivity index (χ0v) is 11.9. The molecule has 0 unspecified atom stereocenters. The van der Waals surface area contributed by atoms with E-state index in [9.17, 15) is 0 Å². The molecular formula is C12H23N5O2. The molecule has 0 aromatic carbocycles. The molecule has 0 aliphatic rings. The molecule has 0 aliphatic heterocycles. The average Bonchev–Trinajstić information content (AvgIpc) is 2.39. The maximum atomic E-state index is 5.66. The van der Waals surface area contributed by atoms with Crippen molar-refractivity contribution >= 4 is 11.9 Å². The lowest BCUT2D eigenvalue weighted by Gasteiger charge is -2.18. The Balaban J connectivity index is 2.58. The molecule has 2 N–H and O–H groups in total. The predicted octanol–water partition coefficient (Wildman–Crippen LogP) is 1.11. The van der Waals surface area contributed by atoms with Crippen LogP contribution in [0.2, 0.25) is 0 Å². The number of nitrogens with two attached hydrogens (primary N) is 1. The lowest BCUT2D eigenvalue weighted by Crippen LogP contribution is -2.25. The van der Waals surface area contributed by atoms with Crippen LogP contribution in [-0.2, 0) is 4.74 Å². The number of nitrogens with zero attached hydrogens (tertiary/aromatic N) is 4. The molecule has 0 spiro atoms. The minimum Gasteiger partial charge on any atom is -0.461 e. The Kier molecular flexibility index (Phi) is 6.88. The van der Waals surface area contributed by atoms with Gasteiger partial charge in [0.05, 0.1) is 6.61 Å². The normalized spacial score (nSPS) is 10.5. The quantitative estimate of drug-likeness (QED) is 0.672. The molecule has 1 heterocycles. The van der Waals surface area contributed by atoms with E-state index in [1.54, 1.807) is 0 Å². The smallest absolute Gasteiger partial charge is 0.323 e. The molecular weight excluding hydrogens is 246 g/mol. The van der Waals surface area contributed by atoms with Crippen LogP contribution in [0, 0.1) is 0 Å². The van der Waals surface area contributed by atoms with Gasteiger partial charge in [0, 0.05) is 19.7 Å². The topological polar surface area (TPSA) is 86.4 Å². The van der Waals surface area contributed by atoms with E-state index in [0.29, 0.717) is 19.2 Å². The second kappa shape index (κ2) is 8.47. The lowest BCUT2D eigenvalue weighted by molar-refractivity contribution is 0.0972. The van der Waals surface area contributed by atoms with Crippen LogP contribution in [0.4, 0.5) is 11.9 Å². The molecule has 0 saturated heterocycles. The van der Waals surface area contributed by atoms with Crippen molar-refractivity contribution in [2.45, 2.75) is 27.2 Å². The third-order valence-corrected chi connectivity index (χ3v) is 2.47. The SMILES string of the molecule is CCCOCCOc1nc(N)nc(N(CC)CC)n1. The molecule has 1 aromatic heterocycles. The van der Waals surface area contributed by atoms with Crippen LogP contribution in [0.1, 0.15) is 27.2 Å². The van der Waals surface area contributed by atoms with Crippen LogP contribution in [0.3, 0.4) is 0 Å². The molecule has 0 saturated carbocycles. The summed E-state index contributed by atoms with van der Waals surface area (Å²) in [6.45, 7) is 9.38. The average molecular weight is 269 g/mol. The molecule has 0 radical (unpaired) electrons. The Morgan fingerprint density at radius 1 is 1.00 bits per heavy atom. The summed E-state index contributed by atoms with van der Waals surface area (Å²) < 4.78 is 10.7. The molecule has 1 rings (SSSR count). The zero-order valence-electron chi connectivity index (χ0n) is 11.9. The number of hydrogen-bond donors (Lipinski definition) is 1. The minimum atomic E-state index is 0.168. The molecule has 7 nitrogen and oxygen atoms in total. The Morgan fingerprint density at radius 2 is 1.74 bits per heavy atom. The second-order valence-corrected chi connectivity index (χ2v) is 3.91. The first-order valence-electron chi connectivity index (χ1n) is 6.68. The van der Waals surface area contributed by atoms with Crippen LogP contribution < -0.4 is 15.4 Å². The fraction of sp³-hybridized carbons (Fsp3) is 0.750. The molecule has 0 bridgehead atoms. The summed E-state index contributed by atoms with van der Waals surface area (Å²) in [4.78, 5) is 14.3. The molecule has 0 fully saturated rings. The molecule has 0 amide bonds. The highest BCUT2D eigenvalue weighted by Gasteiger charge is 2.10. The van der Waals surface area contributed by atoms with Gasteiger partial charge in [0.1, 0.15) is 6.61 Å². The van der Waals surface area contributed by atoms with E-state index in [2.05, 4.69) is 21.9 Å². The number of rotatable bonds is 9. The Morgan fingerprint density at radius 3 is 2.37 bits per heavy atom. The highest BCUT2D eigenvalue weighted by molar-refractivity contribution is 5.35. The van der Waals surface area contributed by atoms with Gasteiger partial charge >= 0.3 is 6.01 Å². The van der Waals surface area contributed by atoms with Crippen molar-refractivity contribution in [2.24, 2.45) is 0 Å². The molecule has 7 heteroatoms. The van der Waals surface area contributed by atoms with Gasteiger partial charge in [0.2, 0.25) is 11.9 Å². The summed E-state index contributed by atoms with van der Waals surface area (Å²) in [5, 5.41) is 0. The maximum Gasteiger partial charge on any atom is 0.323 e. The number of hydrogen-bond acceptors (Lipinski definition) is 7. The van der Waals surface area contributed by atoms with Gasteiger partial charge in [-0.1, -0.05) is 6.92 Å². The fourth-order valence-electron chi connectivity index (χ4n) is 1.51. The van der Waals surface area contributed by atoms with E-state index < -0.39 is 0 Å². The monoisotopic (exact) mass is 269 g/mol. The zero-order chi connectivity index (χ0) is 14.1. The predicted molar refractivity (Wildman–Crippen MR) is 74.4 cm³/mol. The molecule has 1 aromatic rings. The highest BCUT2D eigenvalue weighted by Crippen LogP contribution is 2.12. The largest absolute Gasteiger partial charge is 0.461 e. The van der Waals surface area contributed by atoms with Crippen molar-refractivity contribution < 1.29 is 9.47 Å². The summed E-state index contributed by atoms with van der Waals surface area (Å²) in [5.74, 6) is 0.711. The number of aromatic nitrogens is 3. The van der Waals surface area contributed by atoms with Gasteiger partial charge in [0.15, 0.2) is 0 Å². The van der Waals surface area contributed by atoms with Crippen LogP contribution in [0.5, 0.6) is 6.01 Å². The van der Waals surface area contributed by atoms with Crippen molar-refractivity contribution in [1.82, 2.24) is 15.0 Å². The van der Waals surface area contributed by atoms with Crippen LogP contribution in [-0.4, -0.2) is 47.9 Å². The third kappa shape index (κ3) is 5.25. The second-order valence-electron chi connectivity index (χ2n) is 3.91. The van der Waals surface area contributed by atoms with Crippen molar-refractivity contribution in [3.05, 3.63) is 0 Å². The van der Waals surface area contributed by atoms with Gasteiger partial charge in [-0.25, -0.2) is 0 Å². The van der Waals surface area contributed by atoms with Crippen molar-refractivity contribution in [3.63, 3.8) is 0 Å². The first-order chi connectivity index (χ1) is 9.21. The first-order valence-corrected chi connectivity index (χ1v) is 6.68. The standard InChI is InChI=1S/C12H23N5O2/c1-4-7-18-8-9-19-12-15-10(13)14-11(16-12)17(5-2)6-3/h4-9H2,1-3H3,(H2,13,14,15,16). The molecule has 108 valence electrons. The molecule has 19 heavy (non-hydrogen) atoms. The summed E-state index contributed by atoms with van der Waals surface area (Å²) in [5.41, 5.74) is 5.66. The Labute approximate surface area is 114 Å². The fourth-order valence-corrected chi connectivity index (χ4v) is 1.51. The van der Waals surface area contributed by atoms with Gasteiger partial charge in [-0.15, -0.1) is 0 Å². The summed E-state index contributed by atoms with van der Waals surface area (Å²) >= 11 is 0. The van der Waals surface area contributed by atoms with Crippen LogP contribution >= 0.6 is 0 Å². The summed E-state index contributed by atoms with van der Waals surface area (Å²) in [6.07, 6.45) is 0.991. The third-order valence-electron chi connectivity index (χ3n) is 2.47. The van der Waals surface area contributed by atoms with Gasteiger partial charge in [-0.2, -0.15) is 15.0 Å². The van der Waals surface area contributed by atoms with E-state index in [1.807, 2.05) is 18.7 Å². The maximum absolute atomic E-state index is 5.66. The van der Waals surface area contributed by atoms with Gasteiger partial charge in [0.25, 0.3) is 0 Å². The van der Waals surface area contributed by atoms with E-state index in [1.165, 1.54) is 0 Å². The summed E-state index contributed by atoms with van der Waals surface area (Å²) in [7, 11) is 0. The minimum absolute atomic E-state index is 0.168. The highest BCUT2D eigenvalue weighted by atomic mass is 16.5. The van der Waals surface area contributed by atoms with Crippen LogP contribution in [0.25, 0.3) is 0 Å². The molecule has 0 aliphatic carbocycles. The van der Waals surface area contributed by atoms with E-state index in [0.717, 1.165) is 26.1 Å². The van der Waals surface area contributed by atoms with Crippen molar-refractivity contribution in [1.29, 1.82) is 0 Å². The number of nitrogen functional groups attached to an aromatic ring is 1. The number of anilines is 2. The Hall–Kier alpha value is -1.63. The van der Waals surface area contributed by atoms with Gasteiger partial charge < -0.3 is 20.1 Å². The van der Waals surface area contributed by atoms with Crippen molar-refractivity contribution in [2.75, 3.05) is 43.5 Å². The van der Waals surface area contributed by atoms with Crippen LogP contribution in [0.15, 0.2) is 0 Å². The lowest BCUT2D eigenvalue weighted by atomic mass is 10.5.